The SMILES string of the molecule is O=C1CCC(N2Cc3ccc(CN4CCN(c5cccnc5)CC4)cc3C2S)C(=O)N1. The molecule has 1 aromatic heterocycles. The zero-order valence-corrected chi connectivity index (χ0v) is 18.3. The summed E-state index contributed by atoms with van der Waals surface area (Å²) in [5.74, 6) is -0.380. The van der Waals surface area contributed by atoms with Crippen molar-refractivity contribution in [3.8, 4) is 0 Å². The minimum absolute atomic E-state index is 0.124. The number of fused-ring (bicyclic) bond motifs is 1. The summed E-state index contributed by atoms with van der Waals surface area (Å²) in [5.41, 5.74) is 4.86. The summed E-state index contributed by atoms with van der Waals surface area (Å²) in [6.45, 7) is 5.62. The summed E-state index contributed by atoms with van der Waals surface area (Å²) in [6.07, 6.45) is 4.69. The third kappa shape index (κ3) is 4.20. The molecular weight excluding hydrogens is 410 g/mol. The lowest BCUT2D eigenvalue weighted by Crippen LogP contribution is -2.51. The molecule has 8 heteroatoms. The van der Waals surface area contributed by atoms with Crippen molar-refractivity contribution in [1.82, 2.24) is 20.1 Å². The van der Waals surface area contributed by atoms with Gasteiger partial charge in [0.15, 0.2) is 0 Å². The lowest BCUT2D eigenvalue weighted by molar-refractivity contribution is -0.137. The van der Waals surface area contributed by atoms with Gasteiger partial charge in [-0.15, -0.1) is 0 Å². The van der Waals surface area contributed by atoms with Gasteiger partial charge in [0.05, 0.1) is 23.3 Å². The summed E-state index contributed by atoms with van der Waals surface area (Å²) in [4.78, 5) is 35.0. The molecule has 2 unspecified atom stereocenters. The van der Waals surface area contributed by atoms with Crippen LogP contribution in [0.2, 0.25) is 0 Å². The topological polar surface area (TPSA) is 68.8 Å². The Labute approximate surface area is 187 Å². The van der Waals surface area contributed by atoms with Crippen LogP contribution < -0.4 is 10.2 Å². The van der Waals surface area contributed by atoms with Crippen molar-refractivity contribution in [3.05, 3.63) is 59.4 Å². The van der Waals surface area contributed by atoms with Crippen molar-refractivity contribution in [1.29, 1.82) is 0 Å². The molecule has 1 aromatic carbocycles. The molecule has 2 amide bonds. The highest BCUT2D eigenvalue weighted by molar-refractivity contribution is 7.80. The number of hydrogen-bond acceptors (Lipinski definition) is 7. The Kier molecular flexibility index (Phi) is 5.69. The van der Waals surface area contributed by atoms with Gasteiger partial charge in [0, 0.05) is 51.9 Å². The van der Waals surface area contributed by atoms with Crippen LogP contribution in [0.3, 0.4) is 0 Å². The second-order valence-electron chi connectivity index (χ2n) is 8.52. The fraction of sp³-hybridized carbons (Fsp3) is 0.435. The number of aromatic nitrogens is 1. The van der Waals surface area contributed by atoms with Crippen molar-refractivity contribution in [2.24, 2.45) is 0 Å². The van der Waals surface area contributed by atoms with Crippen LogP contribution in [0.15, 0.2) is 42.7 Å². The smallest absolute Gasteiger partial charge is 0.243 e. The number of rotatable bonds is 4. The van der Waals surface area contributed by atoms with Crippen LogP contribution in [0.4, 0.5) is 5.69 Å². The number of pyridine rings is 1. The number of carbonyl (C=O) groups excluding carboxylic acids is 2. The first kappa shape index (κ1) is 20.5. The van der Waals surface area contributed by atoms with E-state index in [-0.39, 0.29) is 23.2 Å². The highest BCUT2D eigenvalue weighted by Gasteiger charge is 2.39. The minimum Gasteiger partial charge on any atom is -0.368 e. The van der Waals surface area contributed by atoms with Crippen LogP contribution in [0, 0.1) is 0 Å². The first-order valence-corrected chi connectivity index (χ1v) is 11.4. The van der Waals surface area contributed by atoms with Crippen LogP contribution in [-0.4, -0.2) is 58.8 Å². The lowest BCUT2D eigenvalue weighted by atomic mass is 10.0. The van der Waals surface area contributed by atoms with Gasteiger partial charge in [-0.3, -0.25) is 29.7 Å². The third-order valence-corrected chi connectivity index (χ3v) is 7.13. The quantitative estimate of drug-likeness (QED) is 0.563. The van der Waals surface area contributed by atoms with Crippen LogP contribution in [0.1, 0.15) is 34.9 Å². The molecule has 2 aromatic rings. The number of nitrogens with one attached hydrogen (secondary N) is 1. The third-order valence-electron chi connectivity index (χ3n) is 6.56. The first-order chi connectivity index (χ1) is 15.1. The van der Waals surface area contributed by atoms with E-state index in [4.69, 9.17) is 12.6 Å². The van der Waals surface area contributed by atoms with Crippen LogP contribution in [0.5, 0.6) is 0 Å². The Morgan fingerprint density at radius 3 is 2.71 bits per heavy atom. The van der Waals surface area contributed by atoms with Crippen LogP contribution in [-0.2, 0) is 22.7 Å². The maximum atomic E-state index is 12.3. The number of carbonyl (C=O) groups is 2. The summed E-state index contributed by atoms with van der Waals surface area (Å²) in [6, 6.07) is 10.4. The molecule has 7 nitrogen and oxygen atoms in total. The Balaban J connectivity index is 1.22. The van der Waals surface area contributed by atoms with Gasteiger partial charge in [0.2, 0.25) is 11.8 Å². The molecule has 2 saturated heterocycles. The summed E-state index contributed by atoms with van der Waals surface area (Å²) >= 11 is 4.84. The van der Waals surface area contributed by atoms with E-state index in [1.54, 1.807) is 0 Å². The Morgan fingerprint density at radius 2 is 1.97 bits per heavy atom. The molecule has 3 aliphatic heterocycles. The van der Waals surface area contributed by atoms with E-state index in [1.807, 2.05) is 18.5 Å². The number of piperidine rings is 1. The average molecular weight is 438 g/mol. The number of hydrogen-bond donors (Lipinski definition) is 2. The largest absolute Gasteiger partial charge is 0.368 e. The van der Waals surface area contributed by atoms with Gasteiger partial charge in [-0.1, -0.05) is 18.2 Å². The predicted octanol–water partition coefficient (Wildman–Crippen LogP) is 1.95. The van der Waals surface area contributed by atoms with E-state index in [1.165, 1.54) is 22.4 Å². The second kappa shape index (κ2) is 8.61. The number of amides is 2. The minimum atomic E-state index is -0.295. The van der Waals surface area contributed by atoms with Crippen molar-refractivity contribution >= 4 is 30.1 Å². The second-order valence-corrected chi connectivity index (χ2v) is 9.01. The van der Waals surface area contributed by atoms with Gasteiger partial charge in [-0.25, -0.2) is 0 Å². The summed E-state index contributed by atoms with van der Waals surface area (Å²) in [5, 5.41) is 2.34. The van der Waals surface area contributed by atoms with Crippen LogP contribution >= 0.6 is 12.6 Å². The monoisotopic (exact) mass is 437 g/mol. The number of piperazine rings is 1. The summed E-state index contributed by atoms with van der Waals surface area (Å²) < 4.78 is 0. The Hall–Kier alpha value is -2.42. The first-order valence-electron chi connectivity index (χ1n) is 10.8. The number of anilines is 1. The fourth-order valence-electron chi connectivity index (χ4n) is 4.83. The molecule has 0 radical (unpaired) electrons. The molecule has 31 heavy (non-hydrogen) atoms. The Morgan fingerprint density at radius 1 is 1.13 bits per heavy atom. The van der Waals surface area contributed by atoms with E-state index in [0.29, 0.717) is 19.4 Å². The number of benzene rings is 1. The van der Waals surface area contributed by atoms with Crippen molar-refractivity contribution in [2.45, 2.75) is 37.3 Å². The number of thiol groups is 1. The maximum Gasteiger partial charge on any atom is 0.243 e. The van der Waals surface area contributed by atoms with Crippen LogP contribution in [0.25, 0.3) is 0 Å². The normalized spacial score (nSPS) is 24.9. The number of nitrogens with zero attached hydrogens (tertiary/aromatic N) is 4. The van der Waals surface area contributed by atoms with Gasteiger partial charge in [0.1, 0.15) is 0 Å². The maximum absolute atomic E-state index is 12.3. The zero-order valence-electron chi connectivity index (χ0n) is 17.4. The molecule has 5 rings (SSSR count). The molecule has 4 heterocycles. The fourth-order valence-corrected chi connectivity index (χ4v) is 5.31. The molecule has 3 aliphatic rings. The predicted molar refractivity (Wildman–Crippen MR) is 122 cm³/mol. The van der Waals surface area contributed by atoms with Crippen molar-refractivity contribution in [3.63, 3.8) is 0 Å². The van der Waals surface area contributed by atoms with E-state index in [9.17, 15) is 9.59 Å². The van der Waals surface area contributed by atoms with Gasteiger partial charge >= 0.3 is 0 Å². The van der Waals surface area contributed by atoms with Crippen molar-refractivity contribution < 1.29 is 9.59 Å². The van der Waals surface area contributed by atoms with E-state index < -0.39 is 0 Å². The Bertz CT molecular complexity index is 977. The van der Waals surface area contributed by atoms with Gasteiger partial charge < -0.3 is 4.90 Å². The molecule has 162 valence electrons. The van der Waals surface area contributed by atoms with Gasteiger partial charge in [-0.05, 0) is 35.2 Å². The van der Waals surface area contributed by atoms with Crippen molar-refractivity contribution in [2.75, 3.05) is 31.1 Å². The number of imide groups is 1. The molecule has 2 atom stereocenters. The highest BCUT2D eigenvalue weighted by atomic mass is 32.1. The van der Waals surface area contributed by atoms with E-state index in [0.717, 1.165) is 32.7 Å². The molecule has 1 N–H and O–H groups in total. The molecule has 0 spiro atoms. The lowest BCUT2D eigenvalue weighted by Gasteiger charge is -2.36. The standard InChI is InChI=1S/C23H27N5O2S/c29-21-6-5-20(22(30)25-21)28-15-17-4-3-16(12-19(17)23(28)31)14-26-8-10-27(11-9-26)18-2-1-7-24-13-18/h1-4,7,12-13,20,23,31H,5-6,8-11,14-15H2,(H,25,29,30). The van der Waals surface area contributed by atoms with E-state index >= 15 is 0 Å². The molecule has 0 bridgehead atoms. The summed E-state index contributed by atoms with van der Waals surface area (Å²) in [7, 11) is 0. The van der Waals surface area contributed by atoms with E-state index in [2.05, 4.69) is 49.3 Å². The zero-order chi connectivity index (χ0) is 21.4. The highest BCUT2D eigenvalue weighted by Crippen LogP contribution is 2.39. The molecular formula is C23H27N5O2S. The van der Waals surface area contributed by atoms with Gasteiger partial charge in [0.25, 0.3) is 0 Å². The van der Waals surface area contributed by atoms with Gasteiger partial charge in [-0.2, -0.15) is 12.6 Å². The molecule has 2 fully saturated rings. The molecule has 0 aliphatic carbocycles. The molecule has 0 saturated carbocycles. The average Bonchev–Trinajstić information content (AvgIpc) is 3.11.